The first-order chi connectivity index (χ1) is 13.4. The molecular formula is C22H19NO5. The zero-order valence-corrected chi connectivity index (χ0v) is 15.8. The predicted molar refractivity (Wildman–Crippen MR) is 106 cm³/mol. The number of methoxy groups -OCH3 is 1. The Labute approximate surface area is 162 Å². The molecule has 0 fully saturated rings. The highest BCUT2D eigenvalue weighted by atomic mass is 16.6. The Hall–Kier alpha value is -3.67. The number of hydrogen-bond donors (Lipinski definition) is 0. The number of cyclic esters (lactones) is 1. The maximum atomic E-state index is 12.1. The van der Waals surface area contributed by atoms with Gasteiger partial charge >= 0.3 is 11.9 Å². The van der Waals surface area contributed by atoms with Crippen LogP contribution >= 0.6 is 0 Å². The molecule has 2 aromatic rings. The number of aryl methyl sites for hydroxylation is 1. The summed E-state index contributed by atoms with van der Waals surface area (Å²) in [5, 5.41) is 0. The van der Waals surface area contributed by atoms with Crippen LogP contribution in [0.3, 0.4) is 0 Å². The number of ether oxygens (including phenoxy) is 3. The van der Waals surface area contributed by atoms with Crippen molar-refractivity contribution in [3.63, 3.8) is 0 Å². The Morgan fingerprint density at radius 1 is 1.04 bits per heavy atom. The standard InChI is InChI=1S/C22H19NO5/c1-14-4-6-16(7-5-14)9-11-21-23-18(22(25)28-21)12-17-8-10-19(27-15(2)24)20(13-17)26-3/h4-13H,1-3H3. The van der Waals surface area contributed by atoms with E-state index in [1.807, 2.05) is 37.3 Å². The van der Waals surface area contributed by atoms with E-state index in [0.29, 0.717) is 17.1 Å². The molecule has 142 valence electrons. The van der Waals surface area contributed by atoms with E-state index in [0.717, 1.165) is 5.56 Å². The molecule has 0 unspecified atom stereocenters. The number of hydrogen-bond acceptors (Lipinski definition) is 6. The van der Waals surface area contributed by atoms with Crippen LogP contribution in [-0.4, -0.2) is 24.9 Å². The average Bonchev–Trinajstić information content (AvgIpc) is 3.01. The third kappa shape index (κ3) is 4.73. The third-order valence-electron chi connectivity index (χ3n) is 3.88. The van der Waals surface area contributed by atoms with Crippen LogP contribution in [0.5, 0.6) is 11.5 Å². The lowest BCUT2D eigenvalue weighted by atomic mass is 10.1. The van der Waals surface area contributed by atoms with Crippen LogP contribution in [0.4, 0.5) is 0 Å². The third-order valence-corrected chi connectivity index (χ3v) is 3.88. The molecule has 0 saturated heterocycles. The predicted octanol–water partition coefficient (Wildman–Crippen LogP) is 3.94. The van der Waals surface area contributed by atoms with Crippen molar-refractivity contribution in [2.75, 3.05) is 7.11 Å². The number of nitrogens with zero attached hydrogens (tertiary/aromatic N) is 1. The van der Waals surface area contributed by atoms with E-state index in [-0.39, 0.29) is 11.6 Å². The molecule has 0 spiro atoms. The molecule has 3 rings (SSSR count). The van der Waals surface area contributed by atoms with Crippen LogP contribution in [0.15, 0.2) is 59.2 Å². The smallest absolute Gasteiger partial charge is 0.363 e. The number of carbonyl (C=O) groups excluding carboxylic acids is 2. The molecule has 0 bridgehead atoms. The Morgan fingerprint density at radius 3 is 2.43 bits per heavy atom. The van der Waals surface area contributed by atoms with Crippen LogP contribution in [0.25, 0.3) is 12.2 Å². The van der Waals surface area contributed by atoms with Crippen molar-refractivity contribution >= 4 is 30.0 Å². The molecule has 0 radical (unpaired) electrons. The quantitative estimate of drug-likeness (QED) is 0.448. The second-order valence-electron chi connectivity index (χ2n) is 6.12. The van der Waals surface area contributed by atoms with Gasteiger partial charge < -0.3 is 14.2 Å². The van der Waals surface area contributed by atoms with E-state index in [9.17, 15) is 9.59 Å². The van der Waals surface area contributed by atoms with Crippen molar-refractivity contribution in [2.24, 2.45) is 4.99 Å². The summed E-state index contributed by atoms with van der Waals surface area (Å²) in [6.07, 6.45) is 5.05. The number of carbonyl (C=O) groups is 2. The van der Waals surface area contributed by atoms with Crippen molar-refractivity contribution in [2.45, 2.75) is 13.8 Å². The molecule has 1 heterocycles. The summed E-state index contributed by atoms with van der Waals surface area (Å²) in [6.45, 7) is 3.32. The first-order valence-corrected chi connectivity index (χ1v) is 8.58. The largest absolute Gasteiger partial charge is 0.493 e. The highest BCUT2D eigenvalue weighted by Crippen LogP contribution is 2.29. The maximum Gasteiger partial charge on any atom is 0.363 e. The molecule has 1 aliphatic rings. The number of benzene rings is 2. The first kappa shape index (κ1) is 19.1. The van der Waals surface area contributed by atoms with Gasteiger partial charge in [-0.3, -0.25) is 4.79 Å². The van der Waals surface area contributed by atoms with Crippen molar-refractivity contribution in [1.29, 1.82) is 0 Å². The summed E-state index contributed by atoms with van der Waals surface area (Å²) in [5.74, 6) is -0.0824. The van der Waals surface area contributed by atoms with E-state index in [1.54, 1.807) is 30.4 Å². The van der Waals surface area contributed by atoms with Crippen molar-refractivity contribution in [3.05, 3.63) is 70.9 Å². The molecule has 0 aliphatic carbocycles. The summed E-state index contributed by atoms with van der Waals surface area (Å²) in [6, 6.07) is 12.9. The SMILES string of the molecule is COc1cc(C=C2N=C(C=Cc3ccc(C)cc3)OC2=O)ccc1OC(C)=O. The molecule has 28 heavy (non-hydrogen) atoms. The topological polar surface area (TPSA) is 74.2 Å². The van der Waals surface area contributed by atoms with Gasteiger partial charge in [0.15, 0.2) is 17.2 Å². The van der Waals surface area contributed by atoms with E-state index in [1.165, 1.54) is 19.6 Å². The summed E-state index contributed by atoms with van der Waals surface area (Å²) >= 11 is 0. The lowest BCUT2D eigenvalue weighted by molar-refractivity contribution is -0.132. The molecule has 1 aliphatic heterocycles. The monoisotopic (exact) mass is 377 g/mol. The van der Waals surface area contributed by atoms with Gasteiger partial charge in [0.05, 0.1) is 7.11 Å². The normalized spacial score (nSPS) is 14.9. The van der Waals surface area contributed by atoms with Gasteiger partial charge in [-0.2, -0.15) is 0 Å². The van der Waals surface area contributed by atoms with Gasteiger partial charge in [-0.1, -0.05) is 35.9 Å². The number of aliphatic imine (C=N–C) groups is 1. The maximum absolute atomic E-state index is 12.1. The van der Waals surface area contributed by atoms with Gasteiger partial charge in [-0.25, -0.2) is 9.79 Å². The summed E-state index contributed by atoms with van der Waals surface area (Å²) in [7, 11) is 1.47. The minimum Gasteiger partial charge on any atom is -0.493 e. The molecule has 2 aromatic carbocycles. The van der Waals surface area contributed by atoms with Crippen LogP contribution in [0, 0.1) is 6.92 Å². The zero-order valence-electron chi connectivity index (χ0n) is 15.8. The zero-order chi connectivity index (χ0) is 20.1. The molecule has 0 saturated carbocycles. The summed E-state index contributed by atoms with van der Waals surface area (Å²) in [4.78, 5) is 27.4. The van der Waals surface area contributed by atoms with Crippen molar-refractivity contribution in [1.82, 2.24) is 0 Å². The highest BCUT2D eigenvalue weighted by molar-refractivity contribution is 6.11. The van der Waals surface area contributed by atoms with E-state index < -0.39 is 11.9 Å². The van der Waals surface area contributed by atoms with Gasteiger partial charge in [-0.15, -0.1) is 0 Å². The van der Waals surface area contributed by atoms with Crippen molar-refractivity contribution in [3.8, 4) is 11.5 Å². The molecule has 0 N–H and O–H groups in total. The van der Waals surface area contributed by atoms with Crippen molar-refractivity contribution < 1.29 is 23.8 Å². The van der Waals surface area contributed by atoms with E-state index in [2.05, 4.69) is 4.99 Å². The minimum atomic E-state index is -0.536. The molecule has 0 atom stereocenters. The second kappa shape index (κ2) is 8.35. The van der Waals surface area contributed by atoms with Gasteiger partial charge in [0.1, 0.15) is 0 Å². The lowest BCUT2D eigenvalue weighted by Crippen LogP contribution is -2.03. The van der Waals surface area contributed by atoms with Gasteiger partial charge in [-0.05, 0) is 42.3 Å². The average molecular weight is 377 g/mol. The fourth-order valence-corrected chi connectivity index (χ4v) is 2.51. The number of esters is 2. The molecule has 6 heteroatoms. The first-order valence-electron chi connectivity index (χ1n) is 8.58. The Balaban J connectivity index is 1.80. The van der Waals surface area contributed by atoms with Crippen LogP contribution in [-0.2, 0) is 14.3 Å². The fourth-order valence-electron chi connectivity index (χ4n) is 2.51. The number of rotatable bonds is 5. The molecule has 0 aromatic heterocycles. The molecule has 6 nitrogen and oxygen atoms in total. The minimum absolute atomic E-state index is 0.172. The summed E-state index contributed by atoms with van der Waals surface area (Å²) < 4.78 is 15.5. The van der Waals surface area contributed by atoms with Crippen LogP contribution < -0.4 is 9.47 Å². The van der Waals surface area contributed by atoms with Crippen LogP contribution in [0.1, 0.15) is 23.6 Å². The lowest BCUT2D eigenvalue weighted by Gasteiger charge is -2.08. The fraction of sp³-hybridized carbons (Fsp3) is 0.136. The van der Waals surface area contributed by atoms with Gasteiger partial charge in [0, 0.05) is 13.0 Å². The van der Waals surface area contributed by atoms with E-state index >= 15 is 0 Å². The molecular weight excluding hydrogens is 358 g/mol. The van der Waals surface area contributed by atoms with E-state index in [4.69, 9.17) is 14.2 Å². The Morgan fingerprint density at radius 2 is 1.75 bits per heavy atom. The summed E-state index contributed by atoms with van der Waals surface area (Å²) in [5.41, 5.74) is 2.98. The van der Waals surface area contributed by atoms with Gasteiger partial charge in [0.2, 0.25) is 5.90 Å². The Kier molecular flexibility index (Phi) is 5.69. The highest BCUT2D eigenvalue weighted by Gasteiger charge is 2.21. The second-order valence-corrected chi connectivity index (χ2v) is 6.12. The van der Waals surface area contributed by atoms with Crippen LogP contribution in [0.2, 0.25) is 0 Å². The molecule has 0 amide bonds. The van der Waals surface area contributed by atoms with Gasteiger partial charge in [0.25, 0.3) is 0 Å². The Bertz CT molecular complexity index is 1000.